The number of carbonyl (C=O) groups is 1. The van der Waals surface area contributed by atoms with Gasteiger partial charge in [0.1, 0.15) is 5.82 Å². The molecule has 17 heavy (non-hydrogen) atoms. The Hall–Kier alpha value is -1.69. The smallest absolute Gasteiger partial charge is 0.269 e. The topological polar surface area (TPSA) is 107 Å². The second-order valence-corrected chi connectivity index (χ2v) is 4.37. The van der Waals surface area contributed by atoms with Gasteiger partial charge in [-0.25, -0.2) is 0 Å². The standard InChI is InChI=1S/C11H17N5O/c12-7-3-1-2-4-8(7)14-10-6-5-9(11(13)17)15-16-10/h5-8H,1-4,12H2,(H2,13,17)(H,14,16)/t7-,8-/m1/s1. The Balaban J connectivity index is 2.00. The fraction of sp³-hybridized carbons (Fsp3) is 0.545. The molecule has 0 saturated heterocycles. The number of aromatic nitrogens is 2. The SMILES string of the molecule is NC(=O)c1ccc(N[C@@H]2CCCC[C@H]2N)nn1. The van der Waals surface area contributed by atoms with Crippen LogP contribution in [-0.4, -0.2) is 28.2 Å². The second-order valence-electron chi connectivity index (χ2n) is 4.37. The van der Waals surface area contributed by atoms with Crippen LogP contribution in [0.3, 0.4) is 0 Å². The highest BCUT2D eigenvalue weighted by Crippen LogP contribution is 2.19. The van der Waals surface area contributed by atoms with Crippen molar-refractivity contribution >= 4 is 11.7 Å². The van der Waals surface area contributed by atoms with Crippen molar-refractivity contribution in [3.05, 3.63) is 17.8 Å². The average molecular weight is 235 g/mol. The van der Waals surface area contributed by atoms with Gasteiger partial charge in [0, 0.05) is 12.1 Å². The Bertz CT molecular complexity index is 391. The lowest BCUT2D eigenvalue weighted by molar-refractivity contribution is 0.0994. The maximum Gasteiger partial charge on any atom is 0.269 e. The molecule has 1 heterocycles. The molecule has 0 spiro atoms. The van der Waals surface area contributed by atoms with Gasteiger partial charge in [-0.3, -0.25) is 4.79 Å². The molecule has 1 amide bonds. The third kappa shape index (κ3) is 2.91. The minimum atomic E-state index is -0.571. The molecule has 0 aliphatic heterocycles. The number of anilines is 1. The van der Waals surface area contributed by atoms with Crippen LogP contribution in [0.25, 0.3) is 0 Å². The van der Waals surface area contributed by atoms with E-state index in [4.69, 9.17) is 11.5 Å². The molecule has 1 saturated carbocycles. The summed E-state index contributed by atoms with van der Waals surface area (Å²) < 4.78 is 0. The molecule has 5 N–H and O–H groups in total. The number of primary amides is 1. The molecule has 0 bridgehead atoms. The van der Waals surface area contributed by atoms with Gasteiger partial charge in [0.25, 0.3) is 5.91 Å². The Kier molecular flexibility index (Phi) is 3.53. The number of carbonyl (C=O) groups excluding carboxylic acids is 1. The van der Waals surface area contributed by atoms with Crippen LogP contribution < -0.4 is 16.8 Å². The van der Waals surface area contributed by atoms with E-state index in [1.54, 1.807) is 12.1 Å². The number of hydrogen-bond donors (Lipinski definition) is 3. The van der Waals surface area contributed by atoms with E-state index in [0.717, 1.165) is 12.8 Å². The summed E-state index contributed by atoms with van der Waals surface area (Å²) >= 11 is 0. The van der Waals surface area contributed by atoms with Crippen LogP contribution in [0.2, 0.25) is 0 Å². The van der Waals surface area contributed by atoms with Crippen molar-refractivity contribution in [2.75, 3.05) is 5.32 Å². The summed E-state index contributed by atoms with van der Waals surface area (Å²) in [6.07, 6.45) is 4.44. The normalized spacial score (nSPS) is 24.3. The average Bonchev–Trinajstić information content (AvgIpc) is 2.33. The molecule has 6 nitrogen and oxygen atoms in total. The molecular formula is C11H17N5O. The minimum absolute atomic E-state index is 0.154. The highest BCUT2D eigenvalue weighted by atomic mass is 16.1. The quantitative estimate of drug-likeness (QED) is 0.696. The molecule has 2 atom stereocenters. The lowest BCUT2D eigenvalue weighted by Crippen LogP contribution is -2.42. The third-order valence-corrected chi connectivity index (χ3v) is 3.07. The summed E-state index contributed by atoms with van der Waals surface area (Å²) in [6, 6.07) is 3.65. The monoisotopic (exact) mass is 235 g/mol. The molecule has 1 aromatic heterocycles. The molecule has 2 rings (SSSR count). The first-order valence-corrected chi connectivity index (χ1v) is 5.82. The van der Waals surface area contributed by atoms with Crippen LogP contribution >= 0.6 is 0 Å². The Labute approximate surface area is 99.8 Å². The van der Waals surface area contributed by atoms with Crippen LogP contribution in [0, 0.1) is 0 Å². The largest absolute Gasteiger partial charge is 0.364 e. The van der Waals surface area contributed by atoms with Crippen molar-refractivity contribution in [1.82, 2.24) is 10.2 Å². The van der Waals surface area contributed by atoms with Crippen molar-refractivity contribution in [1.29, 1.82) is 0 Å². The zero-order valence-electron chi connectivity index (χ0n) is 9.60. The predicted octanol–water partition coefficient (Wildman–Crippen LogP) is 0.257. The van der Waals surface area contributed by atoms with Crippen molar-refractivity contribution in [3.63, 3.8) is 0 Å². The van der Waals surface area contributed by atoms with E-state index in [0.29, 0.717) is 5.82 Å². The van der Waals surface area contributed by atoms with Crippen LogP contribution in [0.15, 0.2) is 12.1 Å². The van der Waals surface area contributed by atoms with Crippen LogP contribution in [0.4, 0.5) is 5.82 Å². The van der Waals surface area contributed by atoms with Crippen LogP contribution in [0.1, 0.15) is 36.2 Å². The molecule has 92 valence electrons. The summed E-state index contributed by atoms with van der Waals surface area (Å²) in [5, 5.41) is 10.9. The molecule has 0 radical (unpaired) electrons. The summed E-state index contributed by atoms with van der Waals surface area (Å²) in [6.45, 7) is 0. The van der Waals surface area contributed by atoms with Crippen molar-refractivity contribution in [3.8, 4) is 0 Å². The van der Waals surface area contributed by atoms with Crippen molar-refractivity contribution in [2.24, 2.45) is 11.5 Å². The molecule has 1 aliphatic rings. The van der Waals surface area contributed by atoms with Gasteiger partial charge in [0.05, 0.1) is 0 Å². The zero-order chi connectivity index (χ0) is 12.3. The van der Waals surface area contributed by atoms with Gasteiger partial charge >= 0.3 is 0 Å². The number of nitrogens with zero attached hydrogens (tertiary/aromatic N) is 2. The van der Waals surface area contributed by atoms with E-state index in [9.17, 15) is 4.79 Å². The molecule has 6 heteroatoms. The molecular weight excluding hydrogens is 218 g/mol. The fourth-order valence-electron chi connectivity index (χ4n) is 2.07. The summed E-state index contributed by atoms with van der Waals surface area (Å²) in [7, 11) is 0. The second kappa shape index (κ2) is 5.09. The lowest BCUT2D eigenvalue weighted by atomic mass is 9.91. The number of amides is 1. The van der Waals surface area contributed by atoms with E-state index < -0.39 is 5.91 Å². The first-order chi connectivity index (χ1) is 8.16. The van der Waals surface area contributed by atoms with E-state index >= 15 is 0 Å². The van der Waals surface area contributed by atoms with Gasteiger partial charge in [0.2, 0.25) is 0 Å². The Morgan fingerprint density at radius 3 is 2.65 bits per heavy atom. The van der Waals surface area contributed by atoms with Gasteiger partial charge < -0.3 is 16.8 Å². The number of nitrogens with two attached hydrogens (primary N) is 2. The number of rotatable bonds is 3. The summed E-state index contributed by atoms with van der Waals surface area (Å²) in [5.74, 6) is 0.0655. The number of nitrogens with one attached hydrogen (secondary N) is 1. The maximum atomic E-state index is 10.8. The minimum Gasteiger partial charge on any atom is -0.364 e. The zero-order valence-corrected chi connectivity index (χ0v) is 9.60. The molecule has 1 fully saturated rings. The van der Waals surface area contributed by atoms with Gasteiger partial charge in [-0.2, -0.15) is 0 Å². The molecule has 1 aromatic rings. The highest BCUT2D eigenvalue weighted by Gasteiger charge is 2.21. The van der Waals surface area contributed by atoms with Crippen LogP contribution in [0.5, 0.6) is 0 Å². The third-order valence-electron chi connectivity index (χ3n) is 3.07. The Morgan fingerprint density at radius 2 is 2.06 bits per heavy atom. The first-order valence-electron chi connectivity index (χ1n) is 5.82. The van der Waals surface area contributed by atoms with E-state index in [2.05, 4.69) is 15.5 Å². The van der Waals surface area contributed by atoms with Crippen molar-refractivity contribution in [2.45, 2.75) is 37.8 Å². The summed E-state index contributed by atoms with van der Waals surface area (Å²) in [5.41, 5.74) is 11.3. The van der Waals surface area contributed by atoms with Gasteiger partial charge in [-0.05, 0) is 25.0 Å². The van der Waals surface area contributed by atoms with Gasteiger partial charge in [-0.1, -0.05) is 12.8 Å². The van der Waals surface area contributed by atoms with E-state index in [-0.39, 0.29) is 17.8 Å². The predicted molar refractivity (Wildman–Crippen MR) is 64.4 cm³/mol. The maximum absolute atomic E-state index is 10.8. The van der Waals surface area contributed by atoms with Crippen molar-refractivity contribution < 1.29 is 4.79 Å². The highest BCUT2D eigenvalue weighted by molar-refractivity contribution is 5.90. The molecule has 1 aliphatic carbocycles. The molecule has 0 aromatic carbocycles. The van der Waals surface area contributed by atoms with E-state index in [1.165, 1.54) is 12.8 Å². The summed E-state index contributed by atoms with van der Waals surface area (Å²) in [4.78, 5) is 10.8. The Morgan fingerprint density at radius 1 is 1.29 bits per heavy atom. The molecule has 0 unspecified atom stereocenters. The number of hydrogen-bond acceptors (Lipinski definition) is 5. The van der Waals surface area contributed by atoms with Crippen LogP contribution in [-0.2, 0) is 0 Å². The lowest BCUT2D eigenvalue weighted by Gasteiger charge is -2.29. The van der Waals surface area contributed by atoms with E-state index in [1.807, 2.05) is 0 Å². The van der Waals surface area contributed by atoms with Gasteiger partial charge in [0.15, 0.2) is 5.69 Å². The first kappa shape index (κ1) is 11.8. The van der Waals surface area contributed by atoms with Gasteiger partial charge in [-0.15, -0.1) is 10.2 Å². The fourth-order valence-corrected chi connectivity index (χ4v) is 2.07.